The second-order valence-electron chi connectivity index (χ2n) is 4.44. The van der Waals surface area contributed by atoms with Crippen LogP contribution in [0.25, 0.3) is 0 Å². The molecule has 1 aromatic rings. The van der Waals surface area contributed by atoms with Crippen molar-refractivity contribution in [2.24, 2.45) is 5.73 Å². The lowest BCUT2D eigenvalue weighted by Crippen LogP contribution is -2.22. The second-order valence-corrected chi connectivity index (χ2v) is 4.44. The standard InChI is InChI=1S/C13H20N2O2/c1-15-7-6-11(9-15)17-13-10(8-14)4-3-5-12(13)16-2/h3-5,11H,6-9,14H2,1-2H3. The van der Waals surface area contributed by atoms with Crippen molar-refractivity contribution in [3.63, 3.8) is 0 Å². The van der Waals surface area contributed by atoms with Gasteiger partial charge in [-0.1, -0.05) is 12.1 Å². The first-order chi connectivity index (χ1) is 8.24. The smallest absolute Gasteiger partial charge is 0.166 e. The van der Waals surface area contributed by atoms with Gasteiger partial charge in [-0.15, -0.1) is 0 Å². The van der Waals surface area contributed by atoms with E-state index in [1.165, 1.54) is 0 Å². The van der Waals surface area contributed by atoms with Crippen LogP contribution in [0.2, 0.25) is 0 Å². The van der Waals surface area contributed by atoms with Gasteiger partial charge in [0, 0.05) is 25.2 Å². The molecule has 2 rings (SSSR count). The van der Waals surface area contributed by atoms with Crippen molar-refractivity contribution in [3.05, 3.63) is 23.8 Å². The number of methoxy groups -OCH3 is 1. The monoisotopic (exact) mass is 236 g/mol. The summed E-state index contributed by atoms with van der Waals surface area (Å²) in [5.41, 5.74) is 6.73. The molecule has 1 aliphatic rings. The normalized spacial score (nSPS) is 20.5. The van der Waals surface area contributed by atoms with Crippen LogP contribution in [0.4, 0.5) is 0 Å². The molecule has 0 saturated carbocycles. The minimum atomic E-state index is 0.238. The zero-order valence-electron chi connectivity index (χ0n) is 10.5. The number of nitrogens with zero attached hydrogens (tertiary/aromatic N) is 1. The fourth-order valence-electron chi connectivity index (χ4n) is 2.17. The highest BCUT2D eigenvalue weighted by Gasteiger charge is 2.23. The Labute approximate surface area is 102 Å². The Kier molecular flexibility index (Phi) is 3.86. The van der Waals surface area contributed by atoms with Gasteiger partial charge in [-0.2, -0.15) is 0 Å². The van der Waals surface area contributed by atoms with E-state index in [4.69, 9.17) is 15.2 Å². The van der Waals surface area contributed by atoms with Crippen molar-refractivity contribution < 1.29 is 9.47 Å². The highest BCUT2D eigenvalue weighted by molar-refractivity contribution is 5.46. The minimum absolute atomic E-state index is 0.238. The third-order valence-corrected chi connectivity index (χ3v) is 3.13. The van der Waals surface area contributed by atoms with Crippen LogP contribution in [0.3, 0.4) is 0 Å². The molecule has 4 heteroatoms. The Balaban J connectivity index is 2.18. The van der Waals surface area contributed by atoms with Gasteiger partial charge in [-0.05, 0) is 19.5 Å². The van der Waals surface area contributed by atoms with Gasteiger partial charge in [0.05, 0.1) is 7.11 Å². The van der Waals surface area contributed by atoms with Gasteiger partial charge >= 0.3 is 0 Å². The van der Waals surface area contributed by atoms with Gasteiger partial charge < -0.3 is 20.1 Å². The molecule has 94 valence electrons. The summed E-state index contributed by atoms with van der Waals surface area (Å²) < 4.78 is 11.4. The van der Waals surface area contributed by atoms with Crippen molar-refractivity contribution in [1.29, 1.82) is 0 Å². The number of ether oxygens (including phenoxy) is 2. The van der Waals surface area contributed by atoms with E-state index >= 15 is 0 Å². The van der Waals surface area contributed by atoms with Gasteiger partial charge in [0.15, 0.2) is 11.5 Å². The van der Waals surface area contributed by atoms with Gasteiger partial charge in [0.25, 0.3) is 0 Å². The van der Waals surface area contributed by atoms with Crippen LogP contribution in [0.5, 0.6) is 11.5 Å². The number of para-hydroxylation sites is 1. The molecule has 17 heavy (non-hydrogen) atoms. The third kappa shape index (κ3) is 2.70. The molecule has 1 atom stereocenters. The molecule has 0 aromatic heterocycles. The number of rotatable bonds is 4. The Morgan fingerprint density at radius 1 is 1.47 bits per heavy atom. The number of hydrogen-bond acceptors (Lipinski definition) is 4. The maximum absolute atomic E-state index is 6.04. The lowest BCUT2D eigenvalue weighted by Gasteiger charge is -2.18. The van der Waals surface area contributed by atoms with Crippen LogP contribution in [0.15, 0.2) is 18.2 Å². The summed E-state index contributed by atoms with van der Waals surface area (Å²) in [5, 5.41) is 0. The van der Waals surface area contributed by atoms with Crippen LogP contribution in [0.1, 0.15) is 12.0 Å². The lowest BCUT2D eigenvalue weighted by atomic mass is 10.2. The highest BCUT2D eigenvalue weighted by atomic mass is 16.5. The van der Waals surface area contributed by atoms with Crippen molar-refractivity contribution in [2.75, 3.05) is 27.2 Å². The second kappa shape index (κ2) is 5.38. The summed E-state index contributed by atoms with van der Waals surface area (Å²) in [5.74, 6) is 1.57. The Hall–Kier alpha value is -1.26. The van der Waals surface area contributed by atoms with E-state index in [1.54, 1.807) is 7.11 Å². The van der Waals surface area contributed by atoms with Crippen molar-refractivity contribution in [1.82, 2.24) is 4.90 Å². The van der Waals surface area contributed by atoms with Gasteiger partial charge in [-0.25, -0.2) is 0 Å². The fraction of sp³-hybridized carbons (Fsp3) is 0.538. The first-order valence-corrected chi connectivity index (χ1v) is 5.95. The van der Waals surface area contributed by atoms with E-state index in [0.29, 0.717) is 6.54 Å². The molecule has 0 spiro atoms. The molecule has 1 unspecified atom stereocenters. The van der Waals surface area contributed by atoms with E-state index in [2.05, 4.69) is 11.9 Å². The zero-order chi connectivity index (χ0) is 12.3. The highest BCUT2D eigenvalue weighted by Crippen LogP contribution is 2.32. The number of benzene rings is 1. The number of nitrogens with two attached hydrogens (primary N) is 1. The molecular weight excluding hydrogens is 216 g/mol. The van der Waals surface area contributed by atoms with E-state index < -0.39 is 0 Å². The Morgan fingerprint density at radius 2 is 2.29 bits per heavy atom. The van der Waals surface area contributed by atoms with E-state index in [0.717, 1.165) is 36.6 Å². The summed E-state index contributed by atoms with van der Waals surface area (Å²) in [6.07, 6.45) is 1.29. The Bertz CT molecular complexity index is 359. The van der Waals surface area contributed by atoms with E-state index in [-0.39, 0.29) is 6.10 Å². The summed E-state index contributed by atoms with van der Waals surface area (Å²) >= 11 is 0. The summed E-state index contributed by atoms with van der Waals surface area (Å²) in [4.78, 5) is 2.27. The molecule has 0 aliphatic carbocycles. The first-order valence-electron chi connectivity index (χ1n) is 5.95. The minimum Gasteiger partial charge on any atom is -0.493 e. The van der Waals surface area contributed by atoms with E-state index in [9.17, 15) is 0 Å². The van der Waals surface area contributed by atoms with E-state index in [1.807, 2.05) is 18.2 Å². The maximum atomic E-state index is 6.04. The van der Waals surface area contributed by atoms with Crippen LogP contribution < -0.4 is 15.2 Å². The van der Waals surface area contributed by atoms with Crippen LogP contribution >= 0.6 is 0 Å². The molecule has 1 fully saturated rings. The van der Waals surface area contributed by atoms with Crippen molar-refractivity contribution in [2.45, 2.75) is 19.1 Å². The van der Waals surface area contributed by atoms with Gasteiger partial charge in [0.1, 0.15) is 6.10 Å². The average Bonchev–Trinajstić information content (AvgIpc) is 2.75. The molecular formula is C13H20N2O2. The maximum Gasteiger partial charge on any atom is 0.166 e. The quantitative estimate of drug-likeness (QED) is 0.854. The molecule has 4 nitrogen and oxygen atoms in total. The SMILES string of the molecule is COc1cccc(CN)c1OC1CCN(C)C1. The molecule has 0 amide bonds. The molecule has 0 bridgehead atoms. The van der Waals surface area contributed by atoms with Crippen molar-refractivity contribution in [3.8, 4) is 11.5 Å². The predicted octanol–water partition coefficient (Wildman–Crippen LogP) is 1.24. The number of hydrogen-bond donors (Lipinski definition) is 1. The molecule has 2 N–H and O–H groups in total. The largest absolute Gasteiger partial charge is 0.493 e. The predicted molar refractivity (Wildman–Crippen MR) is 67.4 cm³/mol. The summed E-state index contributed by atoms with van der Waals surface area (Å²) in [6.45, 7) is 2.51. The van der Waals surface area contributed by atoms with Crippen molar-refractivity contribution >= 4 is 0 Å². The van der Waals surface area contributed by atoms with Crippen LogP contribution in [-0.2, 0) is 6.54 Å². The number of likely N-dealkylation sites (tertiary alicyclic amines) is 1. The van der Waals surface area contributed by atoms with Crippen LogP contribution in [0, 0.1) is 0 Å². The molecule has 1 aliphatic heterocycles. The third-order valence-electron chi connectivity index (χ3n) is 3.13. The zero-order valence-corrected chi connectivity index (χ0v) is 10.5. The molecule has 1 aromatic carbocycles. The average molecular weight is 236 g/mol. The molecule has 1 saturated heterocycles. The fourth-order valence-corrected chi connectivity index (χ4v) is 2.17. The molecule has 1 heterocycles. The number of likely N-dealkylation sites (N-methyl/N-ethyl adjacent to an activating group) is 1. The topological polar surface area (TPSA) is 47.7 Å². The Morgan fingerprint density at radius 3 is 2.88 bits per heavy atom. The summed E-state index contributed by atoms with van der Waals surface area (Å²) in [7, 11) is 3.76. The van der Waals surface area contributed by atoms with Gasteiger partial charge in [-0.3, -0.25) is 0 Å². The molecule has 0 radical (unpaired) electrons. The summed E-state index contributed by atoms with van der Waals surface area (Å²) in [6, 6.07) is 5.83. The first kappa shape index (κ1) is 12.2. The van der Waals surface area contributed by atoms with Gasteiger partial charge in [0.2, 0.25) is 0 Å². The lowest BCUT2D eigenvalue weighted by molar-refractivity contribution is 0.197. The van der Waals surface area contributed by atoms with Crippen LogP contribution in [-0.4, -0.2) is 38.3 Å².